The molecule has 8 nitrogen and oxygen atoms in total. The van der Waals surface area contributed by atoms with Gasteiger partial charge in [-0.05, 0) is 36.8 Å². The van der Waals surface area contributed by atoms with Gasteiger partial charge in [0.05, 0.1) is 12.2 Å². The summed E-state index contributed by atoms with van der Waals surface area (Å²) in [5.74, 6) is -0.374. The van der Waals surface area contributed by atoms with Crippen molar-refractivity contribution in [3.63, 3.8) is 0 Å². The van der Waals surface area contributed by atoms with Crippen LogP contribution in [0.15, 0.2) is 66.9 Å². The monoisotopic (exact) mass is 436 g/mol. The van der Waals surface area contributed by atoms with Crippen LogP contribution in [0, 0.1) is 0 Å². The zero-order chi connectivity index (χ0) is 22.9. The minimum Gasteiger partial charge on any atom is -0.491 e. The molecule has 0 fully saturated rings. The molecule has 0 spiro atoms. The Labute approximate surface area is 185 Å². The number of ether oxygens (including phenoxy) is 3. The Balaban J connectivity index is 1.80. The zero-order valence-corrected chi connectivity index (χ0v) is 17.8. The summed E-state index contributed by atoms with van der Waals surface area (Å²) >= 11 is 0. The van der Waals surface area contributed by atoms with Gasteiger partial charge in [-0.15, -0.1) is 0 Å². The smallest absolute Gasteiger partial charge is 0.337 e. The lowest BCUT2D eigenvalue weighted by molar-refractivity contribution is 0.0696. The average Bonchev–Trinajstić information content (AvgIpc) is 2.80. The number of carbonyl (C=O) groups is 2. The van der Waals surface area contributed by atoms with E-state index in [1.54, 1.807) is 25.3 Å². The highest BCUT2D eigenvalue weighted by Crippen LogP contribution is 2.28. The molecule has 0 radical (unpaired) electrons. The number of methoxy groups -OCH3 is 1. The highest BCUT2D eigenvalue weighted by Gasteiger charge is 2.14. The molecule has 0 unspecified atom stereocenters. The number of nitrogens with zero attached hydrogens (tertiary/aromatic N) is 1. The normalized spacial score (nSPS) is 11.4. The third kappa shape index (κ3) is 6.29. The van der Waals surface area contributed by atoms with E-state index in [1.165, 1.54) is 18.3 Å². The van der Waals surface area contributed by atoms with Crippen molar-refractivity contribution in [2.45, 2.75) is 13.0 Å². The Kier molecular flexibility index (Phi) is 7.77. The van der Waals surface area contributed by atoms with E-state index in [0.29, 0.717) is 30.3 Å². The van der Waals surface area contributed by atoms with Crippen molar-refractivity contribution in [3.8, 4) is 11.5 Å². The molecule has 32 heavy (non-hydrogen) atoms. The molecule has 0 saturated heterocycles. The van der Waals surface area contributed by atoms with Crippen LogP contribution in [0.5, 0.6) is 11.5 Å². The quantitative estimate of drug-likeness (QED) is 0.459. The summed E-state index contributed by atoms with van der Waals surface area (Å²) in [6, 6.07) is 17.4. The molecule has 0 saturated carbocycles. The lowest BCUT2D eigenvalue weighted by Crippen LogP contribution is -2.14. The number of aromatic nitrogens is 1. The summed E-state index contributed by atoms with van der Waals surface area (Å²) in [5.41, 5.74) is 1.33. The average molecular weight is 436 g/mol. The topological polar surface area (TPSA) is 107 Å². The maximum Gasteiger partial charge on any atom is 0.337 e. The first kappa shape index (κ1) is 22.8. The second-order valence-electron chi connectivity index (χ2n) is 6.90. The van der Waals surface area contributed by atoms with Gasteiger partial charge in [0, 0.05) is 24.9 Å². The Morgan fingerprint density at radius 2 is 1.75 bits per heavy atom. The third-order valence-corrected chi connectivity index (χ3v) is 4.53. The minimum absolute atomic E-state index is 0.0297. The number of benzene rings is 2. The Morgan fingerprint density at radius 1 is 1.00 bits per heavy atom. The van der Waals surface area contributed by atoms with Gasteiger partial charge >= 0.3 is 5.97 Å². The largest absolute Gasteiger partial charge is 0.491 e. The fraction of sp³-hybridized carbons (Fsp3) is 0.208. The number of carboxylic acids is 1. The highest BCUT2D eigenvalue weighted by molar-refractivity contribution is 6.04. The van der Waals surface area contributed by atoms with Gasteiger partial charge in [0.25, 0.3) is 5.91 Å². The molecule has 3 aromatic rings. The zero-order valence-electron chi connectivity index (χ0n) is 17.8. The van der Waals surface area contributed by atoms with Crippen LogP contribution in [-0.2, 0) is 4.74 Å². The van der Waals surface area contributed by atoms with Gasteiger partial charge in [-0.3, -0.25) is 4.79 Å². The van der Waals surface area contributed by atoms with E-state index in [9.17, 15) is 9.59 Å². The number of nitrogens with one attached hydrogen (secondary N) is 1. The maximum absolute atomic E-state index is 12.8. The van der Waals surface area contributed by atoms with Crippen LogP contribution >= 0.6 is 0 Å². The predicted octanol–water partition coefficient (Wildman–Crippen LogP) is 4.20. The van der Waals surface area contributed by atoms with Gasteiger partial charge in [-0.25, -0.2) is 9.78 Å². The van der Waals surface area contributed by atoms with Crippen molar-refractivity contribution in [2.75, 3.05) is 25.6 Å². The van der Waals surface area contributed by atoms with Crippen molar-refractivity contribution in [1.82, 2.24) is 4.98 Å². The molecular weight excluding hydrogens is 412 g/mol. The number of carbonyl (C=O) groups excluding carboxylic acids is 1. The molecule has 1 heterocycles. The summed E-state index contributed by atoms with van der Waals surface area (Å²) in [5, 5.41) is 11.6. The van der Waals surface area contributed by atoms with E-state index in [1.807, 2.05) is 37.3 Å². The van der Waals surface area contributed by atoms with E-state index >= 15 is 0 Å². The van der Waals surface area contributed by atoms with Crippen molar-refractivity contribution in [2.24, 2.45) is 0 Å². The first-order valence-corrected chi connectivity index (χ1v) is 9.95. The molecule has 0 aliphatic carbocycles. The van der Waals surface area contributed by atoms with Crippen molar-refractivity contribution in [3.05, 3.63) is 83.6 Å². The highest BCUT2D eigenvalue weighted by atomic mass is 16.5. The van der Waals surface area contributed by atoms with Crippen LogP contribution in [0.4, 0.5) is 5.82 Å². The Bertz CT molecular complexity index is 1050. The Morgan fingerprint density at radius 3 is 2.41 bits per heavy atom. The van der Waals surface area contributed by atoms with Crippen LogP contribution in [-0.4, -0.2) is 42.3 Å². The number of hydrogen-bond acceptors (Lipinski definition) is 6. The molecule has 1 atom stereocenters. The SMILES string of the molecule is COCCOc1cc(O[C@@H](C)c2ccccc2)cc(C(=O)Nc2ccc(C(=O)O)cn2)c1. The molecular formula is C24H24N2O6. The van der Waals surface area contributed by atoms with Gasteiger partial charge < -0.3 is 24.6 Å². The number of anilines is 1. The summed E-state index contributed by atoms with van der Waals surface area (Å²) in [7, 11) is 1.58. The summed E-state index contributed by atoms with van der Waals surface area (Å²) in [4.78, 5) is 27.8. The van der Waals surface area contributed by atoms with Crippen LogP contribution in [0.1, 0.15) is 39.3 Å². The summed E-state index contributed by atoms with van der Waals surface area (Å²) in [6.45, 7) is 2.63. The van der Waals surface area contributed by atoms with Gasteiger partial charge in [-0.2, -0.15) is 0 Å². The van der Waals surface area contributed by atoms with E-state index < -0.39 is 11.9 Å². The molecule has 2 N–H and O–H groups in total. The fourth-order valence-corrected chi connectivity index (χ4v) is 2.88. The van der Waals surface area contributed by atoms with Crippen LogP contribution < -0.4 is 14.8 Å². The van der Waals surface area contributed by atoms with Gasteiger partial charge in [-0.1, -0.05) is 30.3 Å². The van der Waals surface area contributed by atoms with Crippen molar-refractivity contribution in [1.29, 1.82) is 0 Å². The molecule has 1 aromatic heterocycles. The van der Waals surface area contributed by atoms with E-state index in [-0.39, 0.29) is 17.5 Å². The number of hydrogen-bond donors (Lipinski definition) is 2. The lowest BCUT2D eigenvalue weighted by atomic mass is 10.1. The molecule has 0 bridgehead atoms. The molecule has 0 aliphatic rings. The number of carboxylic acid groups (broad SMARTS) is 1. The van der Waals surface area contributed by atoms with Crippen LogP contribution in [0.25, 0.3) is 0 Å². The standard InChI is InChI=1S/C24H24N2O6/c1-16(17-6-4-3-5-7-17)32-21-13-19(12-20(14-21)31-11-10-30-2)23(27)26-22-9-8-18(15-25-22)24(28)29/h3-9,12-16H,10-11H2,1-2H3,(H,28,29)(H,25,26,27)/t16-/m0/s1. The predicted molar refractivity (Wildman–Crippen MR) is 118 cm³/mol. The molecule has 166 valence electrons. The second kappa shape index (κ2) is 10.9. The summed E-state index contributed by atoms with van der Waals surface area (Å²) in [6.07, 6.45) is 0.935. The number of pyridine rings is 1. The molecule has 3 rings (SSSR count). The first-order chi connectivity index (χ1) is 15.5. The van der Waals surface area contributed by atoms with E-state index in [2.05, 4.69) is 10.3 Å². The number of aromatic carboxylic acids is 1. The molecule has 1 amide bonds. The number of rotatable bonds is 10. The van der Waals surface area contributed by atoms with Gasteiger partial charge in [0.15, 0.2) is 0 Å². The number of amides is 1. The van der Waals surface area contributed by atoms with Crippen molar-refractivity contribution >= 4 is 17.7 Å². The van der Waals surface area contributed by atoms with E-state index in [4.69, 9.17) is 19.3 Å². The van der Waals surface area contributed by atoms with Crippen molar-refractivity contribution < 1.29 is 28.9 Å². The van der Waals surface area contributed by atoms with E-state index in [0.717, 1.165) is 5.56 Å². The van der Waals surface area contributed by atoms with Crippen LogP contribution in [0.3, 0.4) is 0 Å². The second-order valence-corrected chi connectivity index (χ2v) is 6.90. The maximum atomic E-state index is 12.8. The Hall–Kier alpha value is -3.91. The lowest BCUT2D eigenvalue weighted by Gasteiger charge is -2.17. The third-order valence-electron chi connectivity index (χ3n) is 4.53. The van der Waals surface area contributed by atoms with Gasteiger partial charge in [0.2, 0.25) is 0 Å². The van der Waals surface area contributed by atoms with Gasteiger partial charge in [0.1, 0.15) is 30.0 Å². The molecule has 0 aliphatic heterocycles. The molecule has 8 heteroatoms. The fourth-order valence-electron chi connectivity index (χ4n) is 2.88. The summed E-state index contributed by atoms with van der Waals surface area (Å²) < 4.78 is 16.8. The van der Waals surface area contributed by atoms with Crippen LogP contribution in [0.2, 0.25) is 0 Å². The first-order valence-electron chi connectivity index (χ1n) is 9.95. The molecule has 2 aromatic carbocycles. The minimum atomic E-state index is -1.09.